The van der Waals surface area contributed by atoms with Crippen molar-refractivity contribution in [3.63, 3.8) is 0 Å². The number of rotatable bonds is 8. The van der Waals surface area contributed by atoms with Crippen molar-refractivity contribution in [3.8, 4) is 0 Å². The van der Waals surface area contributed by atoms with Crippen LogP contribution in [0, 0.1) is 0 Å². The molecule has 0 saturated carbocycles. The minimum absolute atomic E-state index is 0.360. The molecule has 0 amide bonds. The van der Waals surface area contributed by atoms with E-state index in [-0.39, 0.29) is 6.10 Å². The zero-order valence-electron chi connectivity index (χ0n) is 17.5. The maximum absolute atomic E-state index is 12.0. The van der Waals surface area contributed by atoms with Gasteiger partial charge in [0.05, 0.1) is 19.3 Å². The molecule has 0 aromatic heterocycles. The molecular formula is C18H33NO12. The second-order valence-corrected chi connectivity index (χ2v) is 7.93. The molecule has 2 aliphatic heterocycles. The van der Waals surface area contributed by atoms with E-state index in [1.807, 2.05) is 0 Å². The summed E-state index contributed by atoms with van der Waals surface area (Å²) in [6.07, 6.45) is -15.5. The number of ether oxygens (including phenoxy) is 4. The van der Waals surface area contributed by atoms with Gasteiger partial charge in [0.25, 0.3) is 0 Å². The normalized spacial score (nSPS) is 42.4. The van der Waals surface area contributed by atoms with E-state index in [1.165, 1.54) is 6.92 Å². The minimum Gasteiger partial charge on any atom is -0.462 e. The Labute approximate surface area is 179 Å². The fraction of sp³-hybridized carbons (Fsp3) is 0.944. The molecule has 13 heteroatoms. The van der Waals surface area contributed by atoms with Gasteiger partial charge in [0.2, 0.25) is 0 Å². The molecule has 2 rings (SSSR count). The molecule has 2 heterocycles. The molecule has 0 aliphatic carbocycles. The summed E-state index contributed by atoms with van der Waals surface area (Å²) in [6.45, 7) is 3.45. The van der Waals surface area contributed by atoms with Gasteiger partial charge in [-0.15, -0.1) is 0 Å². The monoisotopic (exact) mass is 455 g/mol. The first-order valence-electron chi connectivity index (χ1n) is 10.1. The van der Waals surface area contributed by atoms with Gasteiger partial charge in [-0.2, -0.15) is 0 Å². The van der Waals surface area contributed by atoms with E-state index in [0.29, 0.717) is 0 Å². The summed E-state index contributed by atoms with van der Waals surface area (Å²) >= 11 is 0. The van der Waals surface area contributed by atoms with Crippen molar-refractivity contribution in [1.29, 1.82) is 0 Å². The van der Waals surface area contributed by atoms with Crippen LogP contribution in [0.4, 0.5) is 0 Å². The Balaban J connectivity index is 2.07. The number of esters is 1. The highest BCUT2D eigenvalue weighted by atomic mass is 16.7. The van der Waals surface area contributed by atoms with Gasteiger partial charge in [0, 0.05) is 0 Å². The lowest BCUT2D eigenvalue weighted by molar-refractivity contribution is -0.343. The molecule has 0 spiro atoms. The van der Waals surface area contributed by atoms with Gasteiger partial charge >= 0.3 is 5.97 Å². The molecule has 182 valence electrons. The van der Waals surface area contributed by atoms with E-state index in [9.17, 15) is 40.5 Å². The third-order valence-electron chi connectivity index (χ3n) is 5.12. The van der Waals surface area contributed by atoms with Gasteiger partial charge in [0.15, 0.2) is 6.29 Å². The van der Waals surface area contributed by atoms with Crippen molar-refractivity contribution in [2.24, 2.45) is 0 Å². The van der Waals surface area contributed by atoms with E-state index in [0.717, 1.165) is 0 Å². The van der Waals surface area contributed by atoms with E-state index in [1.54, 1.807) is 13.8 Å². The highest BCUT2D eigenvalue weighted by molar-refractivity contribution is 5.75. The predicted octanol–water partition coefficient (Wildman–Crippen LogP) is -4.46. The maximum Gasteiger partial charge on any atom is 0.323 e. The molecule has 2 saturated heterocycles. The SMILES string of the molecule is CC(C)OC(=O)[C@H](C)NC1O[C@H](CO)[C@@H](O[C@@H]2O[C@H](CO)[C@H](O)[C@H](O)[C@H]2O)[C@H](O)[C@H]1O. The molecule has 13 nitrogen and oxygen atoms in total. The molecule has 2 fully saturated rings. The molecule has 1 unspecified atom stereocenters. The number of hydrogen-bond donors (Lipinski definition) is 8. The first-order chi connectivity index (χ1) is 14.5. The van der Waals surface area contributed by atoms with Crippen molar-refractivity contribution in [3.05, 3.63) is 0 Å². The van der Waals surface area contributed by atoms with Crippen LogP contribution < -0.4 is 5.32 Å². The van der Waals surface area contributed by atoms with Gasteiger partial charge < -0.3 is 54.7 Å². The van der Waals surface area contributed by atoms with E-state index in [2.05, 4.69) is 5.32 Å². The van der Waals surface area contributed by atoms with Crippen molar-refractivity contribution in [1.82, 2.24) is 5.32 Å². The first kappa shape index (κ1) is 26.3. The average molecular weight is 455 g/mol. The van der Waals surface area contributed by atoms with E-state index in [4.69, 9.17) is 18.9 Å². The number of aliphatic hydroxyl groups is 7. The Morgan fingerprint density at radius 1 is 0.871 bits per heavy atom. The Morgan fingerprint density at radius 3 is 2.03 bits per heavy atom. The number of aliphatic hydroxyl groups excluding tert-OH is 7. The van der Waals surface area contributed by atoms with Crippen molar-refractivity contribution in [2.75, 3.05) is 13.2 Å². The van der Waals surface area contributed by atoms with Crippen LogP contribution in [0.5, 0.6) is 0 Å². The average Bonchev–Trinajstić information content (AvgIpc) is 2.72. The van der Waals surface area contributed by atoms with Crippen molar-refractivity contribution in [2.45, 2.75) is 94.3 Å². The fourth-order valence-electron chi connectivity index (χ4n) is 3.38. The predicted molar refractivity (Wildman–Crippen MR) is 100 cm³/mol. The summed E-state index contributed by atoms with van der Waals surface area (Å²) in [5.74, 6) is -0.611. The van der Waals surface area contributed by atoms with Crippen LogP contribution in [0.3, 0.4) is 0 Å². The summed E-state index contributed by atoms with van der Waals surface area (Å²) in [4.78, 5) is 12.0. The quantitative estimate of drug-likeness (QED) is 0.163. The maximum atomic E-state index is 12.0. The van der Waals surface area contributed by atoms with Gasteiger partial charge in [-0.3, -0.25) is 10.1 Å². The summed E-state index contributed by atoms with van der Waals surface area (Å²) < 4.78 is 21.3. The summed E-state index contributed by atoms with van der Waals surface area (Å²) in [7, 11) is 0. The molecule has 0 bridgehead atoms. The van der Waals surface area contributed by atoms with Gasteiger partial charge in [-0.05, 0) is 20.8 Å². The fourth-order valence-corrected chi connectivity index (χ4v) is 3.38. The summed E-state index contributed by atoms with van der Waals surface area (Å²) in [5.41, 5.74) is 0. The largest absolute Gasteiger partial charge is 0.462 e. The topological polar surface area (TPSA) is 208 Å². The van der Waals surface area contributed by atoms with E-state index < -0.39 is 86.6 Å². The van der Waals surface area contributed by atoms with Gasteiger partial charge in [0.1, 0.15) is 61.1 Å². The van der Waals surface area contributed by atoms with Crippen LogP contribution in [0.25, 0.3) is 0 Å². The van der Waals surface area contributed by atoms with Crippen LogP contribution in [0.2, 0.25) is 0 Å². The number of hydrogen-bond acceptors (Lipinski definition) is 13. The molecule has 0 aromatic carbocycles. The number of nitrogens with one attached hydrogen (secondary N) is 1. The van der Waals surface area contributed by atoms with E-state index >= 15 is 0 Å². The third-order valence-corrected chi connectivity index (χ3v) is 5.12. The third kappa shape index (κ3) is 6.09. The van der Waals surface area contributed by atoms with Gasteiger partial charge in [-0.25, -0.2) is 0 Å². The zero-order chi connectivity index (χ0) is 23.5. The molecule has 8 N–H and O–H groups in total. The van der Waals surface area contributed by atoms with Crippen LogP contribution in [-0.2, 0) is 23.7 Å². The molecule has 31 heavy (non-hydrogen) atoms. The standard InChI is InChI=1S/C18H33NO12/c1-6(2)28-17(27)7(3)19-16-13(25)12(24)15(9(5-21)29-16)31-18-14(26)11(23)10(22)8(4-20)30-18/h6-16,18-26H,4-5H2,1-3H3/t7-,8+,9+,10-,11-,12+,13+,14+,15+,16?,18-/m0/s1. The Bertz CT molecular complexity index is 576. The molecular weight excluding hydrogens is 422 g/mol. The van der Waals surface area contributed by atoms with Crippen LogP contribution in [-0.4, -0.2) is 128 Å². The highest BCUT2D eigenvalue weighted by Crippen LogP contribution is 2.28. The smallest absolute Gasteiger partial charge is 0.323 e. The Hall–Kier alpha value is -0.970. The lowest BCUT2D eigenvalue weighted by atomic mass is 9.96. The second-order valence-electron chi connectivity index (χ2n) is 7.93. The second kappa shape index (κ2) is 11.2. The van der Waals surface area contributed by atoms with Crippen LogP contribution >= 0.6 is 0 Å². The minimum atomic E-state index is -1.75. The summed E-state index contributed by atoms with van der Waals surface area (Å²) in [6, 6.07) is -0.906. The molecule has 11 atom stereocenters. The lowest BCUT2D eigenvalue weighted by Crippen LogP contribution is -2.67. The number of carbonyl (C=O) groups is 1. The first-order valence-corrected chi connectivity index (χ1v) is 10.1. The van der Waals surface area contributed by atoms with Crippen molar-refractivity contribution < 1.29 is 59.5 Å². The van der Waals surface area contributed by atoms with Gasteiger partial charge in [-0.1, -0.05) is 0 Å². The molecule has 2 aliphatic rings. The molecule has 0 aromatic rings. The Morgan fingerprint density at radius 2 is 1.48 bits per heavy atom. The lowest BCUT2D eigenvalue weighted by Gasteiger charge is -2.46. The highest BCUT2D eigenvalue weighted by Gasteiger charge is 2.50. The Kier molecular flexibility index (Phi) is 9.54. The van der Waals surface area contributed by atoms with Crippen LogP contribution in [0.1, 0.15) is 20.8 Å². The molecule has 0 radical (unpaired) electrons. The van der Waals surface area contributed by atoms with Crippen LogP contribution in [0.15, 0.2) is 0 Å². The van der Waals surface area contributed by atoms with Crippen molar-refractivity contribution >= 4 is 5.97 Å². The zero-order valence-corrected chi connectivity index (χ0v) is 17.5. The number of carbonyl (C=O) groups excluding carboxylic acids is 1. The summed E-state index contributed by atoms with van der Waals surface area (Å²) in [5, 5.41) is 72.4.